The van der Waals surface area contributed by atoms with Gasteiger partial charge < -0.3 is 30.5 Å². The maximum Gasteiger partial charge on any atom is 0.231 e. The Bertz CT molecular complexity index is 1050. The summed E-state index contributed by atoms with van der Waals surface area (Å²) < 4.78 is 10.8. The Balaban J connectivity index is 1.48. The monoisotopic (exact) mass is 456 g/mol. The van der Waals surface area contributed by atoms with Gasteiger partial charge in [0.2, 0.25) is 24.6 Å². The van der Waals surface area contributed by atoms with E-state index in [4.69, 9.17) is 21.1 Å². The third-order valence-corrected chi connectivity index (χ3v) is 5.19. The molecule has 1 aliphatic rings. The molecule has 0 amide bonds. The summed E-state index contributed by atoms with van der Waals surface area (Å²) in [6, 6.07) is 13.2. The average Bonchev–Trinajstić information content (AvgIpc) is 3.29. The fourth-order valence-corrected chi connectivity index (χ4v) is 3.20. The lowest BCUT2D eigenvalue weighted by Gasteiger charge is -2.16. The zero-order chi connectivity index (χ0) is 22.3. The Labute approximate surface area is 191 Å². The van der Waals surface area contributed by atoms with Gasteiger partial charge in [0.15, 0.2) is 11.5 Å². The van der Waals surface area contributed by atoms with Crippen LogP contribution in [0.4, 0.5) is 17.8 Å². The van der Waals surface area contributed by atoms with E-state index in [2.05, 4.69) is 30.9 Å². The molecule has 10 heteroatoms. The lowest BCUT2D eigenvalue weighted by atomic mass is 10.2. The predicted octanol–water partition coefficient (Wildman–Crippen LogP) is 3.66. The molecule has 0 fully saturated rings. The number of ether oxygens (including phenoxy) is 2. The molecule has 168 valence electrons. The minimum absolute atomic E-state index is 0.0182. The fourth-order valence-electron chi connectivity index (χ4n) is 3.07. The highest BCUT2D eigenvalue weighted by atomic mass is 35.5. The van der Waals surface area contributed by atoms with Crippen molar-refractivity contribution < 1.29 is 14.6 Å². The van der Waals surface area contributed by atoms with E-state index in [1.807, 2.05) is 49.4 Å². The number of aromatic nitrogens is 3. The molecular weight excluding hydrogens is 432 g/mol. The van der Waals surface area contributed by atoms with Gasteiger partial charge in [0, 0.05) is 18.1 Å². The third kappa shape index (κ3) is 5.68. The van der Waals surface area contributed by atoms with E-state index >= 15 is 0 Å². The van der Waals surface area contributed by atoms with Crippen molar-refractivity contribution in [2.24, 2.45) is 0 Å². The molecule has 1 atom stereocenters. The number of rotatable bonds is 10. The molecule has 1 aliphatic heterocycles. The van der Waals surface area contributed by atoms with Crippen LogP contribution in [-0.2, 0) is 13.1 Å². The summed E-state index contributed by atoms with van der Waals surface area (Å²) in [5.74, 6) is 2.67. The second kappa shape index (κ2) is 10.3. The minimum atomic E-state index is -0.150. The smallest absolute Gasteiger partial charge is 0.231 e. The Morgan fingerprint density at radius 2 is 1.53 bits per heavy atom. The molecule has 0 unspecified atom stereocenters. The van der Waals surface area contributed by atoms with Crippen LogP contribution in [0.3, 0.4) is 0 Å². The first-order valence-electron chi connectivity index (χ1n) is 10.4. The highest BCUT2D eigenvalue weighted by Gasteiger charge is 2.14. The molecule has 9 nitrogen and oxygen atoms in total. The van der Waals surface area contributed by atoms with Crippen molar-refractivity contribution in [2.45, 2.75) is 32.5 Å². The zero-order valence-corrected chi connectivity index (χ0v) is 18.4. The van der Waals surface area contributed by atoms with Gasteiger partial charge in [-0.15, -0.1) is 0 Å². The van der Waals surface area contributed by atoms with Crippen LogP contribution in [0.2, 0.25) is 5.02 Å². The first-order valence-corrected chi connectivity index (χ1v) is 10.7. The number of halogens is 1. The van der Waals surface area contributed by atoms with Crippen LogP contribution in [0, 0.1) is 0 Å². The first-order chi connectivity index (χ1) is 15.6. The van der Waals surface area contributed by atoms with Crippen molar-refractivity contribution in [3.8, 4) is 11.5 Å². The van der Waals surface area contributed by atoms with Gasteiger partial charge in [-0.2, -0.15) is 15.0 Å². The van der Waals surface area contributed by atoms with Gasteiger partial charge in [-0.3, -0.25) is 0 Å². The summed E-state index contributed by atoms with van der Waals surface area (Å²) in [5.41, 5.74) is 2.04. The van der Waals surface area contributed by atoms with Crippen molar-refractivity contribution in [2.75, 3.05) is 29.4 Å². The highest BCUT2D eigenvalue weighted by molar-refractivity contribution is 6.30. The number of hydrogen-bond acceptors (Lipinski definition) is 9. The SMILES string of the molecule is CC[C@H](CO)Nc1nc(NCc2ccc(Cl)cc2)nc(NCc2ccc3c(c2)OCO3)n1. The van der Waals surface area contributed by atoms with Gasteiger partial charge in [0.1, 0.15) is 0 Å². The highest BCUT2D eigenvalue weighted by Crippen LogP contribution is 2.32. The van der Waals surface area contributed by atoms with E-state index < -0.39 is 0 Å². The summed E-state index contributed by atoms with van der Waals surface area (Å²) >= 11 is 5.96. The van der Waals surface area contributed by atoms with E-state index in [-0.39, 0.29) is 19.4 Å². The lowest BCUT2D eigenvalue weighted by molar-refractivity contribution is 0.174. The Kier molecular flexibility index (Phi) is 7.08. The molecule has 2 aromatic carbocycles. The van der Waals surface area contributed by atoms with Crippen molar-refractivity contribution in [1.82, 2.24) is 15.0 Å². The topological polar surface area (TPSA) is 113 Å². The van der Waals surface area contributed by atoms with Gasteiger partial charge in [0.05, 0.1) is 12.6 Å². The maximum atomic E-state index is 9.53. The number of hydrogen-bond donors (Lipinski definition) is 4. The van der Waals surface area contributed by atoms with Crippen LogP contribution in [0.5, 0.6) is 11.5 Å². The number of aliphatic hydroxyl groups excluding tert-OH is 1. The predicted molar refractivity (Wildman–Crippen MR) is 123 cm³/mol. The van der Waals surface area contributed by atoms with Crippen molar-refractivity contribution in [3.63, 3.8) is 0 Å². The summed E-state index contributed by atoms with van der Waals surface area (Å²) in [7, 11) is 0. The number of nitrogens with zero attached hydrogens (tertiary/aromatic N) is 3. The number of nitrogens with one attached hydrogen (secondary N) is 3. The normalized spacial score (nSPS) is 13.0. The van der Waals surface area contributed by atoms with E-state index in [0.29, 0.717) is 36.0 Å². The molecule has 4 N–H and O–H groups in total. The summed E-state index contributed by atoms with van der Waals surface area (Å²) in [6.45, 7) is 3.22. The second-order valence-electron chi connectivity index (χ2n) is 7.26. The van der Waals surface area contributed by atoms with Crippen LogP contribution in [0.15, 0.2) is 42.5 Å². The molecule has 3 aromatic rings. The average molecular weight is 457 g/mol. The van der Waals surface area contributed by atoms with E-state index in [9.17, 15) is 5.11 Å². The molecule has 0 bridgehead atoms. The molecule has 0 saturated heterocycles. The Morgan fingerprint density at radius 1 is 0.906 bits per heavy atom. The molecule has 0 spiro atoms. The van der Waals surface area contributed by atoms with Crippen LogP contribution in [-0.4, -0.2) is 39.5 Å². The van der Waals surface area contributed by atoms with Crippen molar-refractivity contribution >= 4 is 29.4 Å². The van der Waals surface area contributed by atoms with Gasteiger partial charge in [0.25, 0.3) is 0 Å². The standard InChI is InChI=1S/C22H25ClN6O3/c1-2-17(12-30)26-22-28-20(24-10-14-3-6-16(23)7-4-14)27-21(29-22)25-11-15-5-8-18-19(9-15)32-13-31-18/h3-9,17,30H,2,10-13H2,1H3,(H3,24,25,26,27,28,29)/t17-/m1/s1. The van der Waals surface area contributed by atoms with Crippen LogP contribution >= 0.6 is 11.6 Å². The van der Waals surface area contributed by atoms with Gasteiger partial charge in [-0.1, -0.05) is 36.7 Å². The lowest BCUT2D eigenvalue weighted by Crippen LogP contribution is -2.24. The minimum Gasteiger partial charge on any atom is -0.454 e. The summed E-state index contributed by atoms with van der Waals surface area (Å²) in [5, 5.41) is 19.8. The quantitative estimate of drug-likeness (QED) is 0.363. The molecule has 4 rings (SSSR count). The molecular formula is C22H25ClN6O3. The molecule has 0 saturated carbocycles. The van der Waals surface area contributed by atoms with Crippen molar-refractivity contribution in [1.29, 1.82) is 0 Å². The van der Waals surface area contributed by atoms with Gasteiger partial charge >= 0.3 is 0 Å². The van der Waals surface area contributed by atoms with Crippen LogP contribution < -0.4 is 25.4 Å². The number of anilines is 3. The van der Waals surface area contributed by atoms with Crippen LogP contribution in [0.1, 0.15) is 24.5 Å². The molecule has 2 heterocycles. The number of fused-ring (bicyclic) bond motifs is 1. The molecule has 32 heavy (non-hydrogen) atoms. The van der Waals surface area contributed by atoms with Gasteiger partial charge in [-0.05, 0) is 41.8 Å². The summed E-state index contributed by atoms with van der Waals surface area (Å²) in [4.78, 5) is 13.4. The van der Waals surface area contributed by atoms with E-state index in [0.717, 1.165) is 29.0 Å². The van der Waals surface area contributed by atoms with E-state index in [1.54, 1.807) is 0 Å². The fraction of sp³-hybridized carbons (Fsp3) is 0.318. The third-order valence-electron chi connectivity index (χ3n) is 4.93. The molecule has 0 aliphatic carbocycles. The largest absolute Gasteiger partial charge is 0.454 e. The van der Waals surface area contributed by atoms with E-state index in [1.165, 1.54) is 0 Å². The van der Waals surface area contributed by atoms with Gasteiger partial charge in [-0.25, -0.2) is 0 Å². The second-order valence-corrected chi connectivity index (χ2v) is 7.70. The Morgan fingerprint density at radius 3 is 2.22 bits per heavy atom. The zero-order valence-electron chi connectivity index (χ0n) is 17.6. The van der Waals surface area contributed by atoms with Crippen LogP contribution in [0.25, 0.3) is 0 Å². The number of aliphatic hydroxyl groups is 1. The number of benzene rings is 2. The first kappa shape index (κ1) is 21.9. The molecule has 1 aromatic heterocycles. The van der Waals surface area contributed by atoms with Crippen molar-refractivity contribution in [3.05, 3.63) is 58.6 Å². The summed E-state index contributed by atoms with van der Waals surface area (Å²) in [6.07, 6.45) is 0.732. The maximum absolute atomic E-state index is 9.53. The Hall–Kier alpha value is -3.30. The molecule has 0 radical (unpaired) electrons.